The largest absolute Gasteiger partial charge is 0.494 e. The van der Waals surface area contributed by atoms with Crippen LogP contribution in [0.4, 0.5) is 5.69 Å². The lowest BCUT2D eigenvalue weighted by atomic mass is 10.1. The first kappa shape index (κ1) is 14.8. The van der Waals surface area contributed by atoms with Gasteiger partial charge in [-0.25, -0.2) is 0 Å². The number of benzene rings is 1. The first-order chi connectivity index (χ1) is 8.80. The van der Waals surface area contributed by atoms with Crippen molar-refractivity contribution in [2.24, 2.45) is 5.73 Å². The van der Waals surface area contributed by atoms with E-state index in [4.69, 9.17) is 15.2 Å². The van der Waals surface area contributed by atoms with Gasteiger partial charge in [0, 0.05) is 18.8 Å². The van der Waals surface area contributed by atoms with Gasteiger partial charge in [0.2, 0.25) is 0 Å². The molecule has 1 rings (SSSR count). The molecule has 1 unspecified atom stereocenters. The van der Waals surface area contributed by atoms with Crippen LogP contribution in [0, 0.1) is 0 Å². The molecule has 0 aliphatic rings. The fourth-order valence-corrected chi connectivity index (χ4v) is 1.81. The number of ether oxygens (including phenoxy) is 2. The molecule has 18 heavy (non-hydrogen) atoms. The summed E-state index contributed by atoms with van der Waals surface area (Å²) < 4.78 is 10.6. The van der Waals surface area contributed by atoms with Crippen LogP contribution in [-0.2, 0) is 4.74 Å². The van der Waals surface area contributed by atoms with Gasteiger partial charge in [0.25, 0.3) is 0 Å². The van der Waals surface area contributed by atoms with Crippen molar-refractivity contribution >= 4 is 5.69 Å². The molecule has 0 bridgehead atoms. The minimum atomic E-state index is 0.302. The van der Waals surface area contributed by atoms with Gasteiger partial charge < -0.3 is 20.5 Å². The molecule has 3 N–H and O–H groups in total. The maximum absolute atomic E-state index is 5.53. The Kier molecular flexibility index (Phi) is 7.22. The standard InChI is InChI=1S/C14H24N2O2/c1-3-18-14-8-6-12(7-9-14)16-13(11-17-2)5-4-10-15/h6-9,13,16H,3-5,10-11,15H2,1-2H3. The fraction of sp³-hybridized carbons (Fsp3) is 0.571. The number of hydrogen-bond donors (Lipinski definition) is 2. The van der Waals surface area contributed by atoms with E-state index in [9.17, 15) is 0 Å². The van der Waals surface area contributed by atoms with Crippen molar-refractivity contribution in [3.05, 3.63) is 24.3 Å². The lowest BCUT2D eigenvalue weighted by molar-refractivity contribution is 0.182. The molecule has 1 aromatic rings. The molecular weight excluding hydrogens is 228 g/mol. The molecule has 1 atom stereocenters. The Balaban J connectivity index is 2.51. The van der Waals surface area contributed by atoms with Gasteiger partial charge >= 0.3 is 0 Å². The maximum atomic E-state index is 5.53. The highest BCUT2D eigenvalue weighted by Crippen LogP contribution is 2.17. The van der Waals surface area contributed by atoms with E-state index < -0.39 is 0 Å². The van der Waals surface area contributed by atoms with E-state index in [2.05, 4.69) is 5.32 Å². The zero-order valence-corrected chi connectivity index (χ0v) is 11.3. The number of anilines is 1. The van der Waals surface area contributed by atoms with Gasteiger partial charge in [-0.1, -0.05) is 0 Å². The summed E-state index contributed by atoms with van der Waals surface area (Å²) in [7, 11) is 1.72. The van der Waals surface area contributed by atoms with Gasteiger partial charge in [0.1, 0.15) is 5.75 Å². The van der Waals surface area contributed by atoms with Gasteiger partial charge in [-0.3, -0.25) is 0 Å². The minimum absolute atomic E-state index is 0.302. The Labute approximate surface area is 109 Å². The summed E-state index contributed by atoms with van der Waals surface area (Å²) in [5, 5.41) is 3.45. The molecule has 4 nitrogen and oxygen atoms in total. The quantitative estimate of drug-likeness (QED) is 0.708. The SMILES string of the molecule is CCOc1ccc(NC(CCCN)COC)cc1. The normalized spacial score (nSPS) is 12.2. The van der Waals surface area contributed by atoms with Crippen LogP contribution in [-0.4, -0.2) is 32.9 Å². The lowest BCUT2D eigenvalue weighted by Gasteiger charge is -2.19. The predicted octanol–water partition coefficient (Wildman–Crippen LogP) is 2.25. The number of methoxy groups -OCH3 is 1. The highest BCUT2D eigenvalue weighted by atomic mass is 16.5. The van der Waals surface area contributed by atoms with Crippen molar-refractivity contribution in [2.75, 3.05) is 32.2 Å². The zero-order valence-electron chi connectivity index (χ0n) is 11.3. The van der Waals surface area contributed by atoms with E-state index in [0.29, 0.717) is 25.8 Å². The molecule has 0 aliphatic carbocycles. The zero-order chi connectivity index (χ0) is 13.2. The number of hydrogen-bond acceptors (Lipinski definition) is 4. The number of rotatable bonds is 9. The highest BCUT2D eigenvalue weighted by Gasteiger charge is 2.07. The third-order valence-electron chi connectivity index (χ3n) is 2.66. The van der Waals surface area contributed by atoms with E-state index >= 15 is 0 Å². The van der Waals surface area contributed by atoms with Crippen LogP contribution in [0.1, 0.15) is 19.8 Å². The van der Waals surface area contributed by atoms with Crippen molar-refractivity contribution in [2.45, 2.75) is 25.8 Å². The Morgan fingerprint density at radius 3 is 2.56 bits per heavy atom. The highest BCUT2D eigenvalue weighted by molar-refractivity contribution is 5.47. The van der Waals surface area contributed by atoms with Crippen molar-refractivity contribution in [1.29, 1.82) is 0 Å². The Morgan fingerprint density at radius 1 is 1.28 bits per heavy atom. The minimum Gasteiger partial charge on any atom is -0.494 e. The fourth-order valence-electron chi connectivity index (χ4n) is 1.81. The Morgan fingerprint density at radius 2 is 2.00 bits per heavy atom. The number of nitrogens with one attached hydrogen (secondary N) is 1. The van der Waals surface area contributed by atoms with Crippen LogP contribution in [0.5, 0.6) is 5.75 Å². The average molecular weight is 252 g/mol. The third-order valence-corrected chi connectivity index (χ3v) is 2.66. The molecule has 1 aromatic carbocycles. The van der Waals surface area contributed by atoms with Crippen LogP contribution in [0.25, 0.3) is 0 Å². The van der Waals surface area contributed by atoms with Gasteiger partial charge in [0.05, 0.1) is 13.2 Å². The van der Waals surface area contributed by atoms with Gasteiger partial charge in [-0.2, -0.15) is 0 Å². The van der Waals surface area contributed by atoms with Crippen LogP contribution in [0.15, 0.2) is 24.3 Å². The Hall–Kier alpha value is -1.26. The summed E-state index contributed by atoms with van der Waals surface area (Å²) in [5.74, 6) is 0.897. The third kappa shape index (κ3) is 5.38. The van der Waals surface area contributed by atoms with Gasteiger partial charge in [-0.05, 0) is 50.6 Å². The average Bonchev–Trinajstić information content (AvgIpc) is 2.39. The van der Waals surface area contributed by atoms with Crippen molar-refractivity contribution in [3.8, 4) is 5.75 Å². The summed E-state index contributed by atoms with van der Waals surface area (Å²) in [5.41, 5.74) is 6.62. The Bertz CT molecular complexity index is 314. The maximum Gasteiger partial charge on any atom is 0.119 e. The summed E-state index contributed by atoms with van der Waals surface area (Å²) in [6.07, 6.45) is 2.01. The molecule has 102 valence electrons. The molecule has 4 heteroatoms. The summed E-state index contributed by atoms with van der Waals surface area (Å²) in [6, 6.07) is 8.29. The molecule has 0 saturated heterocycles. The summed E-state index contributed by atoms with van der Waals surface area (Å²) in [6.45, 7) is 4.07. The first-order valence-electron chi connectivity index (χ1n) is 6.48. The molecule has 0 radical (unpaired) electrons. The van der Waals surface area contributed by atoms with Gasteiger partial charge in [0.15, 0.2) is 0 Å². The van der Waals surface area contributed by atoms with Crippen molar-refractivity contribution < 1.29 is 9.47 Å². The lowest BCUT2D eigenvalue weighted by Crippen LogP contribution is -2.25. The molecule has 0 aliphatic heterocycles. The first-order valence-corrected chi connectivity index (χ1v) is 6.48. The topological polar surface area (TPSA) is 56.5 Å². The monoisotopic (exact) mass is 252 g/mol. The van der Waals surface area contributed by atoms with E-state index in [0.717, 1.165) is 24.3 Å². The summed E-state index contributed by atoms with van der Waals surface area (Å²) in [4.78, 5) is 0. The van der Waals surface area contributed by atoms with E-state index in [1.54, 1.807) is 7.11 Å². The van der Waals surface area contributed by atoms with Crippen LogP contribution < -0.4 is 15.8 Å². The predicted molar refractivity (Wildman–Crippen MR) is 75.2 cm³/mol. The van der Waals surface area contributed by atoms with Crippen molar-refractivity contribution in [1.82, 2.24) is 0 Å². The molecule has 0 aromatic heterocycles. The van der Waals surface area contributed by atoms with E-state index in [-0.39, 0.29) is 0 Å². The van der Waals surface area contributed by atoms with Crippen molar-refractivity contribution in [3.63, 3.8) is 0 Å². The molecule has 0 heterocycles. The van der Waals surface area contributed by atoms with E-state index in [1.807, 2.05) is 31.2 Å². The number of nitrogens with two attached hydrogens (primary N) is 1. The smallest absolute Gasteiger partial charge is 0.119 e. The van der Waals surface area contributed by atoms with Crippen LogP contribution >= 0.6 is 0 Å². The summed E-state index contributed by atoms with van der Waals surface area (Å²) >= 11 is 0. The van der Waals surface area contributed by atoms with E-state index in [1.165, 1.54) is 0 Å². The molecule has 0 spiro atoms. The van der Waals surface area contributed by atoms with Crippen LogP contribution in [0.3, 0.4) is 0 Å². The molecular formula is C14H24N2O2. The second-order valence-corrected chi connectivity index (χ2v) is 4.18. The van der Waals surface area contributed by atoms with Gasteiger partial charge in [-0.15, -0.1) is 0 Å². The van der Waals surface area contributed by atoms with Crippen LogP contribution in [0.2, 0.25) is 0 Å². The molecule has 0 saturated carbocycles. The second-order valence-electron chi connectivity index (χ2n) is 4.18. The molecule has 0 fully saturated rings. The second kappa shape index (κ2) is 8.78. The molecule has 0 amide bonds.